The number of nitrogens with zero attached hydrogens (tertiary/aromatic N) is 4. The zero-order chi connectivity index (χ0) is 19.4. The van der Waals surface area contributed by atoms with Gasteiger partial charge in [-0.1, -0.05) is 16.5 Å². The Morgan fingerprint density at radius 2 is 2.00 bits per heavy atom. The summed E-state index contributed by atoms with van der Waals surface area (Å²) in [5.74, 6) is 0.924. The van der Waals surface area contributed by atoms with Gasteiger partial charge in [0.25, 0.3) is 0 Å². The van der Waals surface area contributed by atoms with Crippen LogP contribution in [0.2, 0.25) is 0 Å². The molecule has 0 spiro atoms. The summed E-state index contributed by atoms with van der Waals surface area (Å²) in [7, 11) is 0. The fourth-order valence-corrected chi connectivity index (χ4v) is 3.77. The van der Waals surface area contributed by atoms with Gasteiger partial charge in [-0.05, 0) is 13.8 Å². The number of carbonyl (C=O) groups is 2. The molecule has 3 heterocycles. The lowest BCUT2D eigenvalue weighted by molar-refractivity contribution is -0.133. The minimum atomic E-state index is -0.157. The van der Waals surface area contributed by atoms with Crippen LogP contribution in [0.15, 0.2) is 20.8 Å². The molecule has 2 amide bonds. The number of hydrogen-bond acceptors (Lipinski definition) is 7. The highest BCUT2D eigenvalue weighted by Gasteiger charge is 2.22. The summed E-state index contributed by atoms with van der Waals surface area (Å²) in [6.07, 6.45) is 0.309. The fraction of sp³-hybridized carbons (Fsp3) is 0.529. The molecule has 0 aliphatic carbocycles. The van der Waals surface area contributed by atoms with Crippen LogP contribution in [0.1, 0.15) is 17.9 Å². The Balaban J connectivity index is 1.41. The van der Waals surface area contributed by atoms with Crippen molar-refractivity contribution in [1.82, 2.24) is 19.5 Å². The molecule has 0 bridgehead atoms. The van der Waals surface area contributed by atoms with Crippen molar-refractivity contribution in [1.29, 1.82) is 0 Å². The van der Waals surface area contributed by atoms with E-state index in [-0.39, 0.29) is 23.2 Å². The fourth-order valence-electron chi connectivity index (χ4n) is 3.01. The third-order valence-electron chi connectivity index (χ3n) is 4.51. The van der Waals surface area contributed by atoms with Crippen molar-refractivity contribution in [2.24, 2.45) is 0 Å². The number of rotatable bonds is 6. The number of aryl methyl sites for hydroxylation is 2. The summed E-state index contributed by atoms with van der Waals surface area (Å²) in [6, 6.07) is 1.66. The maximum Gasteiger partial charge on any atom is 0.307 e. The van der Waals surface area contributed by atoms with E-state index < -0.39 is 0 Å². The summed E-state index contributed by atoms with van der Waals surface area (Å²) in [5.41, 5.74) is 0.885. The second-order valence-corrected chi connectivity index (χ2v) is 7.39. The average molecular weight is 393 g/mol. The Morgan fingerprint density at radius 1 is 1.26 bits per heavy atom. The van der Waals surface area contributed by atoms with E-state index in [0.29, 0.717) is 50.7 Å². The molecule has 0 atom stereocenters. The summed E-state index contributed by atoms with van der Waals surface area (Å²) in [6.45, 7) is 6.70. The molecule has 1 fully saturated rings. The lowest BCUT2D eigenvalue weighted by Crippen LogP contribution is -2.50. The first kappa shape index (κ1) is 19.3. The number of aromatic nitrogens is 2. The molecule has 9 nitrogen and oxygen atoms in total. The van der Waals surface area contributed by atoms with Gasteiger partial charge in [-0.15, -0.1) is 0 Å². The summed E-state index contributed by atoms with van der Waals surface area (Å²) >= 11 is 1.15. The molecule has 2 aromatic heterocycles. The largest absolute Gasteiger partial charge is 0.360 e. The SMILES string of the molecule is Cc1cc(NC(=O)CN2CCN(C(=O)CCn3c(C)csc3=O)CC2)no1. The minimum absolute atomic E-state index is 0.0292. The van der Waals surface area contributed by atoms with Crippen LogP contribution in [0.4, 0.5) is 5.82 Å². The average Bonchev–Trinajstić information content (AvgIpc) is 3.18. The second kappa shape index (κ2) is 8.49. The molecule has 10 heteroatoms. The van der Waals surface area contributed by atoms with E-state index in [1.54, 1.807) is 27.8 Å². The van der Waals surface area contributed by atoms with Crippen LogP contribution >= 0.6 is 11.3 Å². The van der Waals surface area contributed by atoms with E-state index in [9.17, 15) is 14.4 Å². The van der Waals surface area contributed by atoms with Crippen LogP contribution in [-0.2, 0) is 16.1 Å². The smallest absolute Gasteiger partial charge is 0.307 e. The molecule has 0 aromatic carbocycles. The highest BCUT2D eigenvalue weighted by atomic mass is 32.1. The first-order valence-corrected chi connectivity index (χ1v) is 9.68. The van der Waals surface area contributed by atoms with Gasteiger partial charge in [0.2, 0.25) is 11.8 Å². The summed E-state index contributed by atoms with van der Waals surface area (Å²) in [5, 5.41) is 8.23. The third-order valence-corrected chi connectivity index (χ3v) is 5.39. The third kappa shape index (κ3) is 5.04. The van der Waals surface area contributed by atoms with Gasteiger partial charge in [-0.3, -0.25) is 19.3 Å². The van der Waals surface area contributed by atoms with E-state index in [1.807, 2.05) is 11.8 Å². The molecule has 2 aromatic rings. The van der Waals surface area contributed by atoms with Crippen molar-refractivity contribution in [2.75, 3.05) is 38.0 Å². The lowest BCUT2D eigenvalue weighted by Gasteiger charge is -2.34. The molecule has 1 saturated heterocycles. The van der Waals surface area contributed by atoms with E-state index in [4.69, 9.17) is 4.52 Å². The van der Waals surface area contributed by atoms with Crippen molar-refractivity contribution < 1.29 is 14.1 Å². The monoisotopic (exact) mass is 393 g/mol. The molecule has 27 heavy (non-hydrogen) atoms. The molecule has 1 aliphatic rings. The van der Waals surface area contributed by atoms with E-state index in [0.717, 1.165) is 17.0 Å². The van der Waals surface area contributed by atoms with E-state index >= 15 is 0 Å². The van der Waals surface area contributed by atoms with E-state index in [1.165, 1.54) is 0 Å². The van der Waals surface area contributed by atoms with Gasteiger partial charge in [0, 0.05) is 56.3 Å². The van der Waals surface area contributed by atoms with Gasteiger partial charge in [0.05, 0.1) is 6.54 Å². The van der Waals surface area contributed by atoms with Crippen LogP contribution in [0.25, 0.3) is 0 Å². The molecule has 0 saturated carbocycles. The normalized spacial score (nSPS) is 15.1. The molecule has 1 aliphatic heterocycles. The van der Waals surface area contributed by atoms with Crippen LogP contribution < -0.4 is 10.2 Å². The number of carbonyl (C=O) groups excluding carboxylic acids is 2. The first-order chi connectivity index (χ1) is 12.9. The van der Waals surface area contributed by atoms with Crippen molar-refractivity contribution in [3.05, 3.63) is 32.6 Å². The van der Waals surface area contributed by atoms with Crippen molar-refractivity contribution >= 4 is 29.0 Å². The predicted octanol–water partition coefficient (Wildman–Crippen LogP) is 0.688. The van der Waals surface area contributed by atoms with Crippen LogP contribution in [0.3, 0.4) is 0 Å². The summed E-state index contributed by atoms with van der Waals surface area (Å²) in [4.78, 5) is 39.9. The molecule has 0 unspecified atom stereocenters. The Hall–Kier alpha value is -2.46. The van der Waals surface area contributed by atoms with Gasteiger partial charge in [0.15, 0.2) is 5.82 Å². The molecular formula is C17H23N5O4S. The van der Waals surface area contributed by atoms with Gasteiger partial charge in [-0.25, -0.2) is 0 Å². The molecular weight excluding hydrogens is 370 g/mol. The standard InChI is InChI=1S/C17H23N5O4S/c1-12-11-27-17(25)22(12)4-3-16(24)21-7-5-20(6-8-21)10-15(23)18-14-9-13(2)26-19-14/h9,11H,3-8,10H2,1-2H3,(H,18,19,23). The van der Waals surface area contributed by atoms with Crippen LogP contribution in [0.5, 0.6) is 0 Å². The van der Waals surface area contributed by atoms with Crippen LogP contribution in [0, 0.1) is 13.8 Å². The Bertz CT molecular complexity index is 863. The maximum atomic E-state index is 12.4. The molecule has 1 N–H and O–H groups in total. The van der Waals surface area contributed by atoms with Crippen LogP contribution in [-0.4, -0.2) is 64.1 Å². The van der Waals surface area contributed by atoms with Crippen molar-refractivity contribution in [3.63, 3.8) is 0 Å². The summed E-state index contributed by atoms with van der Waals surface area (Å²) < 4.78 is 6.55. The zero-order valence-corrected chi connectivity index (χ0v) is 16.3. The molecule has 146 valence electrons. The topological polar surface area (TPSA) is 101 Å². The Kier molecular flexibility index (Phi) is 6.07. The number of amides is 2. The Labute approximate surface area is 160 Å². The number of hydrogen-bond donors (Lipinski definition) is 1. The first-order valence-electron chi connectivity index (χ1n) is 8.80. The predicted molar refractivity (Wildman–Crippen MR) is 101 cm³/mol. The van der Waals surface area contributed by atoms with Gasteiger partial charge >= 0.3 is 4.87 Å². The second-order valence-electron chi connectivity index (χ2n) is 6.57. The van der Waals surface area contributed by atoms with Crippen molar-refractivity contribution in [3.8, 4) is 0 Å². The number of thiazole rings is 1. The number of anilines is 1. The highest BCUT2D eigenvalue weighted by Crippen LogP contribution is 2.09. The van der Waals surface area contributed by atoms with Gasteiger partial charge in [-0.2, -0.15) is 0 Å². The van der Waals surface area contributed by atoms with Crippen molar-refractivity contribution in [2.45, 2.75) is 26.8 Å². The van der Waals surface area contributed by atoms with Gasteiger partial charge in [0.1, 0.15) is 5.76 Å². The number of piperazine rings is 1. The quantitative estimate of drug-likeness (QED) is 0.775. The van der Waals surface area contributed by atoms with E-state index in [2.05, 4.69) is 10.5 Å². The minimum Gasteiger partial charge on any atom is -0.360 e. The molecule has 0 radical (unpaired) electrons. The highest BCUT2D eigenvalue weighted by molar-refractivity contribution is 7.07. The lowest BCUT2D eigenvalue weighted by atomic mass is 10.2. The number of nitrogens with one attached hydrogen (secondary N) is 1. The van der Waals surface area contributed by atoms with Gasteiger partial charge < -0.3 is 19.3 Å². The maximum absolute atomic E-state index is 12.4. The molecule has 3 rings (SSSR count). The Morgan fingerprint density at radius 3 is 2.59 bits per heavy atom. The zero-order valence-electron chi connectivity index (χ0n) is 15.4.